The maximum atomic E-state index is 8.00. The van der Waals surface area contributed by atoms with Gasteiger partial charge in [0.25, 0.3) is 0 Å². The van der Waals surface area contributed by atoms with Crippen molar-refractivity contribution in [3.05, 3.63) is 0 Å². The number of rotatable bonds is 2. The molecule has 1 aliphatic carbocycles. The van der Waals surface area contributed by atoms with E-state index in [0.29, 0.717) is 6.04 Å². The molecule has 0 aromatic carbocycles. The predicted octanol–water partition coefficient (Wildman–Crippen LogP) is 3.12. The molecule has 2 rings (SSSR count). The standard InChI is InChI=1S/C12H22N2S/c1-15-11-7-5-10(6-8-11)14-9-3-2-4-12(14)13/h10-11,13H,2-9H2,1H3. The van der Waals surface area contributed by atoms with Gasteiger partial charge in [0.15, 0.2) is 0 Å². The van der Waals surface area contributed by atoms with Crippen LogP contribution in [0.5, 0.6) is 0 Å². The molecule has 15 heavy (non-hydrogen) atoms. The first-order chi connectivity index (χ1) is 7.31. The third-order valence-corrected chi connectivity index (χ3v) is 4.97. The largest absolute Gasteiger partial charge is 0.358 e. The maximum absolute atomic E-state index is 8.00. The van der Waals surface area contributed by atoms with E-state index in [0.717, 1.165) is 24.1 Å². The van der Waals surface area contributed by atoms with Gasteiger partial charge < -0.3 is 4.90 Å². The molecule has 2 fully saturated rings. The molecule has 86 valence electrons. The zero-order valence-corrected chi connectivity index (χ0v) is 10.5. The summed E-state index contributed by atoms with van der Waals surface area (Å²) in [6, 6.07) is 0.696. The fourth-order valence-corrected chi connectivity index (χ4v) is 3.59. The second kappa shape index (κ2) is 5.24. The van der Waals surface area contributed by atoms with Crippen molar-refractivity contribution < 1.29 is 0 Å². The fourth-order valence-electron chi connectivity index (χ4n) is 2.85. The summed E-state index contributed by atoms with van der Waals surface area (Å²) in [5, 5.41) is 8.89. The normalized spacial score (nSPS) is 33.1. The summed E-state index contributed by atoms with van der Waals surface area (Å²) in [5.74, 6) is 0.911. The molecule has 0 atom stereocenters. The molecule has 1 saturated heterocycles. The lowest BCUT2D eigenvalue weighted by Gasteiger charge is -2.40. The highest BCUT2D eigenvalue weighted by molar-refractivity contribution is 7.99. The monoisotopic (exact) mass is 226 g/mol. The van der Waals surface area contributed by atoms with E-state index in [1.807, 2.05) is 11.8 Å². The minimum absolute atomic E-state index is 0.696. The van der Waals surface area contributed by atoms with Gasteiger partial charge in [-0.2, -0.15) is 11.8 Å². The first kappa shape index (κ1) is 11.3. The van der Waals surface area contributed by atoms with Gasteiger partial charge in [0, 0.05) is 24.3 Å². The third-order valence-electron chi connectivity index (χ3n) is 3.83. The van der Waals surface area contributed by atoms with Crippen LogP contribution < -0.4 is 0 Å². The Morgan fingerprint density at radius 1 is 1.20 bits per heavy atom. The van der Waals surface area contributed by atoms with E-state index in [1.165, 1.54) is 38.5 Å². The molecule has 2 nitrogen and oxygen atoms in total. The molecular formula is C12H22N2S. The molecule has 2 aliphatic rings. The maximum Gasteiger partial charge on any atom is 0.0960 e. The minimum Gasteiger partial charge on any atom is -0.358 e. The molecule has 0 unspecified atom stereocenters. The molecular weight excluding hydrogens is 204 g/mol. The summed E-state index contributed by atoms with van der Waals surface area (Å²) < 4.78 is 0. The molecule has 0 amide bonds. The average molecular weight is 226 g/mol. The van der Waals surface area contributed by atoms with Crippen LogP contribution >= 0.6 is 11.8 Å². The number of likely N-dealkylation sites (tertiary alicyclic amines) is 1. The van der Waals surface area contributed by atoms with E-state index in [9.17, 15) is 0 Å². The van der Waals surface area contributed by atoms with Gasteiger partial charge in [-0.25, -0.2) is 0 Å². The number of hydrogen-bond acceptors (Lipinski definition) is 2. The van der Waals surface area contributed by atoms with Crippen LogP contribution in [-0.2, 0) is 0 Å². The Hall–Kier alpha value is -0.180. The molecule has 0 aromatic heterocycles. The Labute approximate surface area is 97.3 Å². The second-order valence-electron chi connectivity index (χ2n) is 4.76. The van der Waals surface area contributed by atoms with Gasteiger partial charge in [-0.3, -0.25) is 5.41 Å². The van der Waals surface area contributed by atoms with Gasteiger partial charge in [-0.15, -0.1) is 0 Å². The van der Waals surface area contributed by atoms with Crippen LogP contribution in [0, 0.1) is 5.41 Å². The van der Waals surface area contributed by atoms with Gasteiger partial charge in [-0.1, -0.05) is 0 Å². The van der Waals surface area contributed by atoms with Gasteiger partial charge in [0.1, 0.15) is 0 Å². The Balaban J connectivity index is 1.86. The zero-order chi connectivity index (χ0) is 10.7. The van der Waals surface area contributed by atoms with E-state index in [1.54, 1.807) is 0 Å². The van der Waals surface area contributed by atoms with Gasteiger partial charge in [-0.05, 0) is 44.8 Å². The molecule has 1 heterocycles. The summed E-state index contributed by atoms with van der Waals surface area (Å²) in [7, 11) is 0. The SMILES string of the molecule is CSC1CCC(N2CCCCC2=N)CC1. The number of piperidine rings is 1. The average Bonchev–Trinajstić information content (AvgIpc) is 2.30. The molecule has 0 bridgehead atoms. The Kier molecular flexibility index (Phi) is 3.95. The van der Waals surface area contributed by atoms with E-state index in [4.69, 9.17) is 5.41 Å². The summed E-state index contributed by atoms with van der Waals surface area (Å²) >= 11 is 2.02. The number of nitrogens with zero attached hydrogens (tertiary/aromatic N) is 1. The molecule has 3 heteroatoms. The fraction of sp³-hybridized carbons (Fsp3) is 0.917. The molecule has 0 aromatic rings. The van der Waals surface area contributed by atoms with Crippen molar-refractivity contribution in [1.82, 2.24) is 4.90 Å². The summed E-state index contributed by atoms with van der Waals surface area (Å²) in [6.45, 7) is 1.15. The van der Waals surface area contributed by atoms with Crippen molar-refractivity contribution in [3.63, 3.8) is 0 Å². The number of nitrogens with one attached hydrogen (secondary N) is 1. The van der Waals surface area contributed by atoms with E-state index in [2.05, 4.69) is 11.2 Å². The van der Waals surface area contributed by atoms with Crippen LogP contribution in [0.15, 0.2) is 0 Å². The van der Waals surface area contributed by atoms with Crippen molar-refractivity contribution in [2.75, 3.05) is 12.8 Å². The molecule has 0 radical (unpaired) electrons. The first-order valence-electron chi connectivity index (χ1n) is 6.18. The summed E-state index contributed by atoms with van der Waals surface area (Å²) in [5.41, 5.74) is 0. The van der Waals surface area contributed by atoms with E-state index in [-0.39, 0.29) is 0 Å². The first-order valence-corrected chi connectivity index (χ1v) is 7.47. The molecule has 1 aliphatic heterocycles. The highest BCUT2D eigenvalue weighted by Gasteiger charge is 2.27. The third kappa shape index (κ3) is 2.68. The lowest BCUT2D eigenvalue weighted by molar-refractivity contribution is 0.226. The van der Waals surface area contributed by atoms with Gasteiger partial charge in [0.05, 0.1) is 5.84 Å². The number of amidine groups is 1. The minimum atomic E-state index is 0.696. The van der Waals surface area contributed by atoms with Gasteiger partial charge in [0.2, 0.25) is 0 Å². The van der Waals surface area contributed by atoms with Crippen LogP contribution in [0.2, 0.25) is 0 Å². The van der Waals surface area contributed by atoms with Crippen molar-refractivity contribution in [2.45, 2.75) is 56.2 Å². The van der Waals surface area contributed by atoms with Crippen molar-refractivity contribution >= 4 is 17.6 Å². The number of hydrogen-bond donors (Lipinski definition) is 1. The topological polar surface area (TPSA) is 27.1 Å². The van der Waals surface area contributed by atoms with Crippen molar-refractivity contribution in [1.29, 1.82) is 5.41 Å². The highest BCUT2D eigenvalue weighted by Crippen LogP contribution is 2.31. The molecule has 1 saturated carbocycles. The predicted molar refractivity (Wildman–Crippen MR) is 67.8 cm³/mol. The van der Waals surface area contributed by atoms with E-state index < -0.39 is 0 Å². The second-order valence-corrected chi connectivity index (χ2v) is 5.90. The Morgan fingerprint density at radius 2 is 1.93 bits per heavy atom. The van der Waals surface area contributed by atoms with Crippen molar-refractivity contribution in [2.24, 2.45) is 0 Å². The van der Waals surface area contributed by atoms with Crippen LogP contribution in [-0.4, -0.2) is 34.8 Å². The lowest BCUT2D eigenvalue weighted by Crippen LogP contribution is -2.44. The van der Waals surface area contributed by atoms with Crippen LogP contribution in [0.1, 0.15) is 44.9 Å². The Bertz CT molecular complexity index is 222. The summed E-state index contributed by atoms with van der Waals surface area (Å²) in [6.07, 6.45) is 11.1. The molecule has 1 N–H and O–H groups in total. The van der Waals surface area contributed by atoms with E-state index >= 15 is 0 Å². The Morgan fingerprint density at radius 3 is 2.53 bits per heavy atom. The van der Waals surface area contributed by atoms with Crippen LogP contribution in [0.4, 0.5) is 0 Å². The van der Waals surface area contributed by atoms with Crippen molar-refractivity contribution in [3.8, 4) is 0 Å². The zero-order valence-electron chi connectivity index (χ0n) is 9.67. The summed E-state index contributed by atoms with van der Waals surface area (Å²) in [4.78, 5) is 2.39. The van der Waals surface area contributed by atoms with Gasteiger partial charge >= 0.3 is 0 Å². The molecule has 0 spiro atoms. The number of thioether (sulfide) groups is 1. The van der Waals surface area contributed by atoms with Crippen LogP contribution in [0.3, 0.4) is 0 Å². The lowest BCUT2D eigenvalue weighted by atomic mass is 9.92. The smallest absolute Gasteiger partial charge is 0.0960 e. The quantitative estimate of drug-likeness (QED) is 0.783. The highest BCUT2D eigenvalue weighted by atomic mass is 32.2. The van der Waals surface area contributed by atoms with Crippen LogP contribution in [0.25, 0.3) is 0 Å².